The van der Waals surface area contributed by atoms with E-state index in [4.69, 9.17) is 4.74 Å². The zero-order chi connectivity index (χ0) is 23.1. The zero-order valence-electron chi connectivity index (χ0n) is 19.0. The number of rotatable bonds is 5. The fraction of sp³-hybridized carbons (Fsp3) is 0.375. The topological polar surface area (TPSA) is 81.0 Å². The maximum atomic E-state index is 12.3. The highest BCUT2D eigenvalue weighted by molar-refractivity contribution is 7.97. The van der Waals surface area contributed by atoms with E-state index in [1.165, 1.54) is 17.5 Å². The first-order valence-electron chi connectivity index (χ1n) is 10.5. The van der Waals surface area contributed by atoms with E-state index in [-0.39, 0.29) is 6.09 Å². The van der Waals surface area contributed by atoms with Crippen LogP contribution in [0.3, 0.4) is 0 Å². The number of nitrogens with zero attached hydrogens (tertiary/aromatic N) is 4. The van der Waals surface area contributed by atoms with Crippen LogP contribution in [0, 0.1) is 18.3 Å². The summed E-state index contributed by atoms with van der Waals surface area (Å²) in [6.07, 6.45) is 1.45. The van der Waals surface area contributed by atoms with Crippen molar-refractivity contribution >= 4 is 29.9 Å². The third-order valence-corrected chi connectivity index (χ3v) is 5.57. The van der Waals surface area contributed by atoms with Crippen LogP contribution in [0.4, 0.5) is 10.5 Å². The molecule has 1 aliphatic rings. The Morgan fingerprint density at radius 1 is 1.16 bits per heavy atom. The SMILES string of the molecule is Cc1ccc(SN/N=C/c2cc(C#N)ccc2N2CCN(C(=O)OC(C)(C)C)CC2)cc1. The van der Waals surface area contributed by atoms with Crippen LogP contribution in [0.5, 0.6) is 0 Å². The van der Waals surface area contributed by atoms with Gasteiger partial charge in [-0.25, -0.2) is 9.63 Å². The van der Waals surface area contributed by atoms with Gasteiger partial charge in [-0.3, -0.25) is 0 Å². The third kappa shape index (κ3) is 6.66. The number of hydrogen-bond donors (Lipinski definition) is 1. The summed E-state index contributed by atoms with van der Waals surface area (Å²) >= 11 is 1.42. The molecule has 0 bridgehead atoms. The Hall–Kier alpha value is -3.18. The number of hydrogen-bond acceptors (Lipinski definition) is 7. The molecule has 1 amide bonds. The molecule has 2 aromatic carbocycles. The molecule has 0 atom stereocenters. The number of piperazine rings is 1. The average molecular weight is 452 g/mol. The highest BCUT2D eigenvalue weighted by Gasteiger charge is 2.26. The summed E-state index contributed by atoms with van der Waals surface area (Å²) in [4.78, 5) is 20.3. The number of ether oxygens (including phenoxy) is 1. The van der Waals surface area contributed by atoms with E-state index in [1.54, 1.807) is 17.2 Å². The predicted molar refractivity (Wildman–Crippen MR) is 129 cm³/mol. The minimum atomic E-state index is -0.505. The van der Waals surface area contributed by atoms with Crippen molar-refractivity contribution in [3.8, 4) is 6.07 Å². The Morgan fingerprint density at radius 3 is 2.47 bits per heavy atom. The van der Waals surface area contributed by atoms with Gasteiger partial charge in [0.05, 0.1) is 17.8 Å². The van der Waals surface area contributed by atoms with Crippen LogP contribution in [0.15, 0.2) is 52.5 Å². The second-order valence-corrected chi connectivity index (χ2v) is 9.46. The van der Waals surface area contributed by atoms with E-state index < -0.39 is 5.60 Å². The summed E-state index contributed by atoms with van der Waals surface area (Å²) in [5.74, 6) is 0. The zero-order valence-corrected chi connectivity index (χ0v) is 19.8. The standard InChI is InChI=1S/C24H29N5O2S/c1-18-5-8-21(9-6-18)32-27-26-17-20-15-19(16-25)7-10-22(20)28-11-13-29(14-12-28)23(30)31-24(2,3)4/h5-10,15,17,27H,11-14H2,1-4H3/b26-17+. The number of hydrazone groups is 1. The Balaban J connectivity index is 1.65. The van der Waals surface area contributed by atoms with E-state index >= 15 is 0 Å². The molecule has 0 saturated carbocycles. The molecule has 0 radical (unpaired) electrons. The van der Waals surface area contributed by atoms with E-state index in [1.807, 2.05) is 45.0 Å². The molecule has 1 N–H and O–H groups in total. The third-order valence-electron chi connectivity index (χ3n) is 4.87. The summed E-state index contributed by atoms with van der Waals surface area (Å²) in [5, 5.41) is 13.6. The lowest BCUT2D eigenvalue weighted by Gasteiger charge is -2.37. The molecule has 0 spiro atoms. The molecule has 0 aromatic heterocycles. The molecule has 168 valence electrons. The van der Waals surface area contributed by atoms with E-state index in [0.29, 0.717) is 31.7 Å². The van der Waals surface area contributed by atoms with Crippen LogP contribution in [0.25, 0.3) is 0 Å². The van der Waals surface area contributed by atoms with Gasteiger partial charge in [0.15, 0.2) is 0 Å². The Labute approximate surface area is 194 Å². The van der Waals surface area contributed by atoms with Gasteiger partial charge in [-0.05, 0) is 58.0 Å². The second kappa shape index (κ2) is 10.4. The lowest BCUT2D eigenvalue weighted by Crippen LogP contribution is -2.50. The Morgan fingerprint density at radius 2 is 1.84 bits per heavy atom. The summed E-state index contributed by atoms with van der Waals surface area (Å²) in [6.45, 7) is 10.2. The maximum absolute atomic E-state index is 12.3. The Kier molecular flexibility index (Phi) is 7.65. The molecule has 7 nitrogen and oxygen atoms in total. The van der Waals surface area contributed by atoms with Gasteiger partial charge in [0.25, 0.3) is 0 Å². The van der Waals surface area contributed by atoms with Crippen molar-refractivity contribution in [1.29, 1.82) is 5.26 Å². The first-order chi connectivity index (χ1) is 15.2. The van der Waals surface area contributed by atoms with Gasteiger partial charge in [0, 0.05) is 54.3 Å². The predicted octanol–water partition coefficient (Wildman–Crippen LogP) is 4.55. The van der Waals surface area contributed by atoms with Crippen LogP contribution in [0.1, 0.15) is 37.5 Å². The van der Waals surface area contributed by atoms with Gasteiger partial charge in [-0.15, -0.1) is 0 Å². The highest BCUT2D eigenvalue weighted by atomic mass is 32.2. The van der Waals surface area contributed by atoms with Crippen LogP contribution in [0.2, 0.25) is 0 Å². The summed E-state index contributed by atoms with van der Waals surface area (Å²) in [5.41, 5.74) is 3.12. The molecule has 0 unspecified atom stereocenters. The second-order valence-electron chi connectivity index (χ2n) is 8.60. The van der Waals surface area contributed by atoms with Gasteiger partial charge in [0.2, 0.25) is 0 Å². The van der Waals surface area contributed by atoms with E-state index in [0.717, 1.165) is 16.1 Å². The van der Waals surface area contributed by atoms with Crippen LogP contribution in [-0.4, -0.2) is 49.0 Å². The molecular weight excluding hydrogens is 422 g/mol. The molecule has 3 rings (SSSR count). The van der Waals surface area contributed by atoms with Crippen molar-refractivity contribution in [2.75, 3.05) is 31.1 Å². The average Bonchev–Trinajstić information content (AvgIpc) is 2.77. The van der Waals surface area contributed by atoms with Gasteiger partial charge in [-0.2, -0.15) is 10.4 Å². The molecule has 0 aliphatic carbocycles. The van der Waals surface area contributed by atoms with Crippen molar-refractivity contribution in [3.63, 3.8) is 0 Å². The molecule has 1 heterocycles. The molecule has 1 saturated heterocycles. The smallest absolute Gasteiger partial charge is 0.410 e. The van der Waals surface area contributed by atoms with E-state index in [9.17, 15) is 10.1 Å². The minimum Gasteiger partial charge on any atom is -0.444 e. The number of benzene rings is 2. The lowest BCUT2D eigenvalue weighted by atomic mass is 10.1. The number of carbonyl (C=O) groups is 1. The van der Waals surface area contributed by atoms with Crippen molar-refractivity contribution in [2.24, 2.45) is 5.10 Å². The quantitative estimate of drug-likeness (QED) is 0.408. The number of amides is 1. The minimum absolute atomic E-state index is 0.281. The normalized spacial score (nSPS) is 14.3. The maximum Gasteiger partial charge on any atom is 0.410 e. The van der Waals surface area contributed by atoms with Gasteiger partial charge in [0.1, 0.15) is 5.60 Å². The first kappa shape index (κ1) is 23.5. The number of nitriles is 1. The van der Waals surface area contributed by atoms with Gasteiger partial charge >= 0.3 is 6.09 Å². The van der Waals surface area contributed by atoms with Crippen LogP contribution in [-0.2, 0) is 4.74 Å². The number of nitrogens with one attached hydrogen (secondary N) is 1. The monoisotopic (exact) mass is 451 g/mol. The summed E-state index contributed by atoms with van der Waals surface area (Å²) in [7, 11) is 0. The molecular formula is C24H29N5O2S. The van der Waals surface area contributed by atoms with Gasteiger partial charge < -0.3 is 14.5 Å². The van der Waals surface area contributed by atoms with Crippen LogP contribution < -0.4 is 9.73 Å². The fourth-order valence-electron chi connectivity index (χ4n) is 3.25. The number of aryl methyl sites for hydroxylation is 1. The van der Waals surface area contributed by atoms with Crippen molar-refractivity contribution in [3.05, 3.63) is 59.2 Å². The lowest BCUT2D eigenvalue weighted by molar-refractivity contribution is 0.0240. The fourth-order valence-corrected chi connectivity index (χ4v) is 3.74. The van der Waals surface area contributed by atoms with Crippen LogP contribution >= 0.6 is 11.9 Å². The van der Waals surface area contributed by atoms with E-state index in [2.05, 4.69) is 40.0 Å². The first-order valence-corrected chi connectivity index (χ1v) is 11.4. The molecule has 32 heavy (non-hydrogen) atoms. The van der Waals surface area contributed by atoms with Crippen molar-refractivity contribution in [2.45, 2.75) is 38.2 Å². The largest absolute Gasteiger partial charge is 0.444 e. The molecule has 1 aliphatic heterocycles. The summed E-state index contributed by atoms with van der Waals surface area (Å²) in [6, 6.07) is 15.9. The van der Waals surface area contributed by atoms with Gasteiger partial charge in [-0.1, -0.05) is 17.7 Å². The molecule has 8 heteroatoms. The summed E-state index contributed by atoms with van der Waals surface area (Å²) < 4.78 is 5.48. The van der Waals surface area contributed by atoms with Crippen molar-refractivity contribution < 1.29 is 9.53 Å². The van der Waals surface area contributed by atoms with Crippen molar-refractivity contribution in [1.82, 2.24) is 9.73 Å². The molecule has 2 aromatic rings. The number of carbonyl (C=O) groups excluding carboxylic acids is 1. The number of anilines is 1. The highest BCUT2D eigenvalue weighted by Crippen LogP contribution is 2.23. The molecule has 1 fully saturated rings. The Bertz CT molecular complexity index is 1000.